The summed E-state index contributed by atoms with van der Waals surface area (Å²) in [6, 6.07) is 19.5. The maximum absolute atomic E-state index is 13.2. The molecule has 1 saturated heterocycles. The molecule has 1 fully saturated rings. The second-order valence-electron chi connectivity index (χ2n) is 9.05. The van der Waals surface area contributed by atoms with Crippen molar-refractivity contribution in [2.45, 2.75) is 18.8 Å². The van der Waals surface area contributed by atoms with Gasteiger partial charge in [0.15, 0.2) is 23.0 Å². The zero-order chi connectivity index (χ0) is 23.9. The fourth-order valence-electron chi connectivity index (χ4n) is 5.04. The van der Waals surface area contributed by atoms with Crippen molar-refractivity contribution < 1.29 is 18.8 Å². The van der Waals surface area contributed by atoms with Crippen molar-refractivity contribution in [3.05, 3.63) is 94.9 Å². The molecule has 0 atom stereocenters. The van der Waals surface area contributed by atoms with Crippen LogP contribution >= 0.6 is 0 Å². The smallest absolute Gasteiger partial charge is 0.238 e. The van der Waals surface area contributed by atoms with Crippen LogP contribution in [-0.2, 0) is 4.79 Å². The molecule has 0 radical (unpaired) electrons. The molecule has 1 aromatic heterocycles. The number of carbonyl (C=O) groups is 3. The molecule has 6 rings (SSSR count). The van der Waals surface area contributed by atoms with Gasteiger partial charge in [0.05, 0.1) is 17.8 Å². The van der Waals surface area contributed by atoms with Crippen molar-refractivity contribution in [3.63, 3.8) is 0 Å². The molecule has 1 N–H and O–H groups in total. The third-order valence-electron chi connectivity index (χ3n) is 6.84. The molecule has 0 bridgehead atoms. The van der Waals surface area contributed by atoms with Crippen LogP contribution in [0.1, 0.15) is 56.5 Å². The minimum absolute atomic E-state index is 0.201. The number of oxazole rings is 1. The van der Waals surface area contributed by atoms with E-state index in [0.717, 1.165) is 42.9 Å². The van der Waals surface area contributed by atoms with Gasteiger partial charge in [0.25, 0.3) is 0 Å². The first-order valence-corrected chi connectivity index (χ1v) is 11.8. The number of hydrogen-bond donors (Lipinski definition) is 1. The minimum atomic E-state index is -0.245. The second kappa shape index (κ2) is 8.60. The van der Waals surface area contributed by atoms with Crippen molar-refractivity contribution in [2.24, 2.45) is 0 Å². The fourth-order valence-corrected chi connectivity index (χ4v) is 5.04. The number of fused-ring (bicyclic) bond motifs is 3. The van der Waals surface area contributed by atoms with E-state index < -0.39 is 0 Å². The second-order valence-corrected chi connectivity index (χ2v) is 9.05. The standard InChI is InChI=1S/C28H23N3O4/c32-24(16-31-14-12-17(13-15-31)28-30-21-9-3-4-11-23(21)35-28)29-22-10-5-8-20-25(22)27(34)19-7-2-1-6-18(19)26(20)33/h1-11,17H,12-16H2,(H,29,32). The van der Waals surface area contributed by atoms with Gasteiger partial charge in [-0.25, -0.2) is 4.98 Å². The number of hydrogen-bond acceptors (Lipinski definition) is 6. The van der Waals surface area contributed by atoms with E-state index in [1.165, 1.54) is 0 Å². The van der Waals surface area contributed by atoms with E-state index in [9.17, 15) is 14.4 Å². The molecule has 2 aliphatic rings. The fraction of sp³-hybridized carbons (Fsp3) is 0.214. The molecule has 0 saturated carbocycles. The number of rotatable bonds is 4. The monoisotopic (exact) mass is 465 g/mol. The highest BCUT2D eigenvalue weighted by molar-refractivity contribution is 6.30. The Hall–Kier alpha value is -4.10. The van der Waals surface area contributed by atoms with Crippen LogP contribution in [0.5, 0.6) is 0 Å². The van der Waals surface area contributed by atoms with E-state index in [4.69, 9.17) is 4.42 Å². The quantitative estimate of drug-likeness (QED) is 0.422. The maximum Gasteiger partial charge on any atom is 0.238 e. The summed E-state index contributed by atoms with van der Waals surface area (Å²) in [6.45, 7) is 1.70. The summed E-state index contributed by atoms with van der Waals surface area (Å²) in [5.41, 5.74) is 3.40. The SMILES string of the molecule is O=C(CN1CCC(c2nc3ccccc3o2)CC1)Nc1cccc2c1C(=O)c1ccccc1C2=O. The predicted octanol–water partition coefficient (Wildman–Crippen LogP) is 4.42. The van der Waals surface area contributed by atoms with Crippen molar-refractivity contribution >= 4 is 34.3 Å². The lowest BCUT2D eigenvalue weighted by Crippen LogP contribution is -2.39. The van der Waals surface area contributed by atoms with Crippen LogP contribution in [0.25, 0.3) is 11.1 Å². The van der Waals surface area contributed by atoms with Crippen LogP contribution in [0.15, 0.2) is 71.1 Å². The highest BCUT2D eigenvalue weighted by Crippen LogP contribution is 2.32. The highest BCUT2D eigenvalue weighted by Gasteiger charge is 2.32. The number of para-hydroxylation sites is 2. The van der Waals surface area contributed by atoms with Crippen molar-refractivity contribution in [1.82, 2.24) is 9.88 Å². The number of likely N-dealkylation sites (tertiary alicyclic amines) is 1. The maximum atomic E-state index is 13.2. The van der Waals surface area contributed by atoms with Gasteiger partial charge in [0.1, 0.15) is 5.52 Å². The van der Waals surface area contributed by atoms with Crippen molar-refractivity contribution in [2.75, 3.05) is 25.0 Å². The van der Waals surface area contributed by atoms with E-state index in [1.54, 1.807) is 42.5 Å². The molecule has 1 aliphatic heterocycles. The van der Waals surface area contributed by atoms with E-state index in [1.807, 2.05) is 24.3 Å². The van der Waals surface area contributed by atoms with Crippen LogP contribution in [-0.4, -0.2) is 47.0 Å². The molecular formula is C28H23N3O4. The number of nitrogens with one attached hydrogen (secondary N) is 1. The molecule has 4 aromatic rings. The third kappa shape index (κ3) is 3.84. The van der Waals surface area contributed by atoms with Crippen LogP contribution in [0.3, 0.4) is 0 Å². The lowest BCUT2D eigenvalue weighted by molar-refractivity contribution is -0.117. The Morgan fingerprint density at radius 2 is 1.57 bits per heavy atom. The number of piperidine rings is 1. The van der Waals surface area contributed by atoms with Crippen LogP contribution < -0.4 is 5.32 Å². The lowest BCUT2D eigenvalue weighted by atomic mass is 9.83. The van der Waals surface area contributed by atoms with Crippen LogP contribution in [0, 0.1) is 0 Å². The van der Waals surface area contributed by atoms with Crippen molar-refractivity contribution in [3.8, 4) is 0 Å². The Bertz CT molecular complexity index is 1450. The first-order valence-electron chi connectivity index (χ1n) is 11.8. The van der Waals surface area contributed by atoms with E-state index in [-0.39, 0.29) is 35.5 Å². The van der Waals surface area contributed by atoms with Gasteiger partial charge in [-0.3, -0.25) is 19.3 Å². The molecule has 1 amide bonds. The largest absolute Gasteiger partial charge is 0.440 e. The summed E-state index contributed by atoms with van der Waals surface area (Å²) in [5, 5.41) is 2.88. The molecular weight excluding hydrogens is 442 g/mol. The van der Waals surface area contributed by atoms with Gasteiger partial charge in [0.2, 0.25) is 5.91 Å². The summed E-state index contributed by atoms with van der Waals surface area (Å²) in [7, 11) is 0. The van der Waals surface area contributed by atoms with Gasteiger partial charge in [-0.1, -0.05) is 48.5 Å². The molecule has 0 unspecified atom stereocenters. The Labute approximate surface area is 201 Å². The minimum Gasteiger partial charge on any atom is -0.440 e. The number of amides is 1. The molecule has 1 aliphatic carbocycles. The topological polar surface area (TPSA) is 92.5 Å². The van der Waals surface area contributed by atoms with E-state index in [2.05, 4.69) is 15.2 Å². The summed E-state index contributed by atoms with van der Waals surface area (Å²) >= 11 is 0. The zero-order valence-electron chi connectivity index (χ0n) is 19.0. The Morgan fingerprint density at radius 1 is 0.886 bits per heavy atom. The Morgan fingerprint density at radius 3 is 2.34 bits per heavy atom. The first-order chi connectivity index (χ1) is 17.1. The number of anilines is 1. The van der Waals surface area contributed by atoms with Crippen molar-refractivity contribution in [1.29, 1.82) is 0 Å². The van der Waals surface area contributed by atoms with Gasteiger partial charge < -0.3 is 9.73 Å². The summed E-state index contributed by atoms with van der Waals surface area (Å²) in [4.78, 5) is 45.7. The van der Waals surface area contributed by atoms with E-state index in [0.29, 0.717) is 22.4 Å². The zero-order valence-corrected chi connectivity index (χ0v) is 19.0. The molecule has 7 nitrogen and oxygen atoms in total. The normalized spacial score (nSPS) is 16.2. The average molecular weight is 466 g/mol. The summed E-state index contributed by atoms with van der Waals surface area (Å²) < 4.78 is 5.93. The van der Waals surface area contributed by atoms with Gasteiger partial charge in [0, 0.05) is 22.6 Å². The third-order valence-corrected chi connectivity index (χ3v) is 6.84. The molecule has 0 spiro atoms. The molecule has 3 aromatic carbocycles. The van der Waals surface area contributed by atoms with Crippen LogP contribution in [0.2, 0.25) is 0 Å². The molecule has 2 heterocycles. The van der Waals surface area contributed by atoms with Crippen LogP contribution in [0.4, 0.5) is 5.69 Å². The molecule has 35 heavy (non-hydrogen) atoms. The van der Waals surface area contributed by atoms with Gasteiger partial charge in [-0.15, -0.1) is 0 Å². The van der Waals surface area contributed by atoms with Gasteiger partial charge in [-0.2, -0.15) is 0 Å². The number of benzene rings is 3. The lowest BCUT2D eigenvalue weighted by Gasteiger charge is -2.30. The summed E-state index contributed by atoms with van der Waals surface area (Å²) in [5.74, 6) is 0.330. The first kappa shape index (κ1) is 21.4. The highest BCUT2D eigenvalue weighted by atomic mass is 16.3. The number of ketones is 2. The van der Waals surface area contributed by atoms with Gasteiger partial charge in [-0.05, 0) is 44.1 Å². The molecule has 7 heteroatoms. The van der Waals surface area contributed by atoms with E-state index >= 15 is 0 Å². The Kier molecular flexibility index (Phi) is 5.26. The van der Waals surface area contributed by atoms with Gasteiger partial charge >= 0.3 is 0 Å². The number of aromatic nitrogens is 1. The number of nitrogens with zero attached hydrogens (tertiary/aromatic N) is 2. The molecule has 174 valence electrons. The number of carbonyl (C=O) groups excluding carboxylic acids is 3. The summed E-state index contributed by atoms with van der Waals surface area (Å²) in [6.07, 6.45) is 1.70. The average Bonchev–Trinajstić information content (AvgIpc) is 3.32. The predicted molar refractivity (Wildman–Crippen MR) is 131 cm³/mol. The Balaban J connectivity index is 1.13.